The molecule has 0 aliphatic heterocycles. The van der Waals surface area contributed by atoms with Crippen LogP contribution in [0.3, 0.4) is 0 Å². The van der Waals surface area contributed by atoms with Gasteiger partial charge in [-0.2, -0.15) is 0 Å². The highest BCUT2D eigenvalue weighted by atomic mass is 32.1. The fraction of sp³-hybridized carbons (Fsp3) is 0.333. The van der Waals surface area contributed by atoms with Crippen LogP contribution in [-0.4, -0.2) is 12.2 Å². The summed E-state index contributed by atoms with van der Waals surface area (Å²) in [4.78, 5) is 22.5. The molecule has 68 valence electrons. The molecule has 0 saturated heterocycles. The summed E-state index contributed by atoms with van der Waals surface area (Å²) >= 11 is 1.46. The monoisotopic (exact) mass is 195 g/mol. The standard InChI is InChI=1S/C9H9NO2S/c11-5-10-7-1-2-8(12)9-6(7)3-4-13-9/h3-5,7H,1-2H2,(H,10,11). The average Bonchev–Trinajstić information content (AvgIpc) is 2.59. The average molecular weight is 195 g/mol. The van der Waals surface area contributed by atoms with Crippen LogP contribution >= 0.6 is 11.3 Å². The first kappa shape index (κ1) is 8.44. The van der Waals surface area contributed by atoms with Gasteiger partial charge in [0, 0.05) is 6.42 Å². The number of fused-ring (bicyclic) bond motifs is 1. The Morgan fingerprint density at radius 2 is 2.46 bits per heavy atom. The molecule has 1 aliphatic rings. The van der Waals surface area contributed by atoms with Crippen LogP contribution in [0, 0.1) is 0 Å². The van der Waals surface area contributed by atoms with E-state index in [-0.39, 0.29) is 11.8 Å². The lowest BCUT2D eigenvalue weighted by molar-refractivity contribution is -0.110. The third kappa shape index (κ3) is 1.37. The fourth-order valence-electron chi connectivity index (χ4n) is 1.62. The molecule has 1 aromatic rings. The molecule has 0 fully saturated rings. The first-order chi connectivity index (χ1) is 6.33. The number of hydrogen-bond donors (Lipinski definition) is 1. The Balaban J connectivity index is 2.34. The van der Waals surface area contributed by atoms with Gasteiger partial charge in [0.1, 0.15) is 0 Å². The zero-order chi connectivity index (χ0) is 9.26. The number of carbonyl (C=O) groups excluding carboxylic acids is 2. The molecule has 1 heterocycles. The number of nitrogens with one attached hydrogen (secondary N) is 1. The molecule has 1 unspecified atom stereocenters. The highest BCUT2D eigenvalue weighted by molar-refractivity contribution is 7.12. The molecule has 0 saturated carbocycles. The van der Waals surface area contributed by atoms with Crippen LogP contribution in [0.4, 0.5) is 0 Å². The van der Waals surface area contributed by atoms with Crippen LogP contribution in [0.2, 0.25) is 0 Å². The van der Waals surface area contributed by atoms with E-state index in [0.29, 0.717) is 12.8 Å². The van der Waals surface area contributed by atoms with Gasteiger partial charge in [0.05, 0.1) is 10.9 Å². The Kier molecular flexibility index (Phi) is 2.14. The molecular formula is C9H9NO2S. The van der Waals surface area contributed by atoms with Gasteiger partial charge in [-0.15, -0.1) is 11.3 Å². The van der Waals surface area contributed by atoms with Crippen molar-refractivity contribution in [3.63, 3.8) is 0 Å². The van der Waals surface area contributed by atoms with Gasteiger partial charge in [-0.05, 0) is 23.4 Å². The van der Waals surface area contributed by atoms with E-state index in [9.17, 15) is 9.59 Å². The summed E-state index contributed by atoms with van der Waals surface area (Å²) in [5, 5.41) is 4.62. The SMILES string of the molecule is O=CNC1CCC(=O)c2sccc21. The van der Waals surface area contributed by atoms with Crippen molar-refractivity contribution in [1.82, 2.24) is 5.32 Å². The van der Waals surface area contributed by atoms with Gasteiger partial charge in [0.2, 0.25) is 6.41 Å². The Morgan fingerprint density at radius 3 is 3.23 bits per heavy atom. The molecule has 1 N–H and O–H groups in total. The molecule has 0 spiro atoms. The van der Waals surface area contributed by atoms with Crippen molar-refractivity contribution < 1.29 is 9.59 Å². The van der Waals surface area contributed by atoms with E-state index >= 15 is 0 Å². The van der Waals surface area contributed by atoms with Gasteiger partial charge in [-0.1, -0.05) is 0 Å². The molecule has 1 atom stereocenters. The van der Waals surface area contributed by atoms with Crippen LogP contribution in [0.25, 0.3) is 0 Å². The third-order valence-electron chi connectivity index (χ3n) is 2.25. The molecule has 1 amide bonds. The summed E-state index contributed by atoms with van der Waals surface area (Å²) in [6.07, 6.45) is 1.96. The predicted octanol–water partition coefficient (Wildman–Crippen LogP) is 1.51. The van der Waals surface area contributed by atoms with Crippen LogP contribution in [0.15, 0.2) is 11.4 Å². The van der Waals surface area contributed by atoms with Gasteiger partial charge >= 0.3 is 0 Å². The van der Waals surface area contributed by atoms with E-state index in [0.717, 1.165) is 16.9 Å². The number of carbonyl (C=O) groups is 2. The molecule has 0 radical (unpaired) electrons. The number of Topliss-reactive ketones (excluding diaryl/α,β-unsaturated/α-hetero) is 1. The summed E-state index contributed by atoms with van der Waals surface area (Å²) in [5.74, 6) is 0.203. The van der Waals surface area contributed by atoms with E-state index in [1.165, 1.54) is 11.3 Å². The first-order valence-electron chi connectivity index (χ1n) is 4.13. The number of thiophene rings is 1. The summed E-state index contributed by atoms with van der Waals surface area (Å²) in [7, 11) is 0. The van der Waals surface area contributed by atoms with E-state index in [4.69, 9.17) is 0 Å². The minimum atomic E-state index is 0.0384. The summed E-state index contributed by atoms with van der Waals surface area (Å²) < 4.78 is 0. The fourth-order valence-corrected chi connectivity index (χ4v) is 2.55. The molecule has 0 aromatic carbocycles. The smallest absolute Gasteiger partial charge is 0.207 e. The second kappa shape index (κ2) is 3.30. The van der Waals surface area contributed by atoms with Crippen molar-refractivity contribution >= 4 is 23.5 Å². The molecule has 13 heavy (non-hydrogen) atoms. The minimum absolute atomic E-state index is 0.0384. The Labute approximate surface area is 79.8 Å². The van der Waals surface area contributed by atoms with Crippen LogP contribution in [0.5, 0.6) is 0 Å². The quantitative estimate of drug-likeness (QED) is 0.727. The van der Waals surface area contributed by atoms with Crippen molar-refractivity contribution in [3.05, 3.63) is 21.9 Å². The zero-order valence-corrected chi connectivity index (χ0v) is 7.76. The van der Waals surface area contributed by atoms with Crippen molar-refractivity contribution in [2.75, 3.05) is 0 Å². The Morgan fingerprint density at radius 1 is 1.62 bits per heavy atom. The second-order valence-electron chi connectivity index (χ2n) is 3.00. The normalized spacial score (nSPS) is 20.9. The lowest BCUT2D eigenvalue weighted by Gasteiger charge is -2.20. The van der Waals surface area contributed by atoms with Gasteiger partial charge in [0.25, 0.3) is 0 Å². The van der Waals surface area contributed by atoms with Gasteiger partial charge < -0.3 is 5.32 Å². The van der Waals surface area contributed by atoms with Gasteiger partial charge in [-0.25, -0.2) is 0 Å². The molecule has 1 aliphatic carbocycles. The number of ketones is 1. The largest absolute Gasteiger partial charge is 0.352 e. The highest BCUT2D eigenvalue weighted by Gasteiger charge is 2.25. The lowest BCUT2D eigenvalue weighted by Crippen LogP contribution is -2.24. The number of hydrogen-bond acceptors (Lipinski definition) is 3. The Hall–Kier alpha value is -1.16. The summed E-state index contributed by atoms with van der Waals surface area (Å²) in [6, 6.07) is 1.95. The highest BCUT2D eigenvalue weighted by Crippen LogP contribution is 2.32. The number of amides is 1. The predicted molar refractivity (Wildman–Crippen MR) is 49.8 cm³/mol. The van der Waals surface area contributed by atoms with Crippen molar-refractivity contribution in [2.45, 2.75) is 18.9 Å². The van der Waals surface area contributed by atoms with Crippen LogP contribution < -0.4 is 5.32 Å². The zero-order valence-electron chi connectivity index (χ0n) is 6.95. The van der Waals surface area contributed by atoms with Crippen molar-refractivity contribution in [2.24, 2.45) is 0 Å². The number of rotatable bonds is 2. The van der Waals surface area contributed by atoms with E-state index in [1.54, 1.807) is 0 Å². The van der Waals surface area contributed by atoms with Crippen LogP contribution in [0.1, 0.15) is 34.1 Å². The minimum Gasteiger partial charge on any atom is -0.352 e. The first-order valence-corrected chi connectivity index (χ1v) is 5.01. The molecule has 4 heteroatoms. The third-order valence-corrected chi connectivity index (χ3v) is 3.22. The molecule has 1 aromatic heterocycles. The van der Waals surface area contributed by atoms with E-state index in [2.05, 4.69) is 5.32 Å². The van der Waals surface area contributed by atoms with E-state index in [1.807, 2.05) is 11.4 Å². The van der Waals surface area contributed by atoms with E-state index < -0.39 is 0 Å². The molecular weight excluding hydrogens is 186 g/mol. The van der Waals surface area contributed by atoms with Crippen molar-refractivity contribution in [1.29, 1.82) is 0 Å². The Bertz CT molecular complexity index is 345. The summed E-state index contributed by atoms with van der Waals surface area (Å²) in [5.41, 5.74) is 0.980. The van der Waals surface area contributed by atoms with Gasteiger partial charge in [0.15, 0.2) is 5.78 Å². The molecule has 0 bridgehead atoms. The maximum absolute atomic E-state index is 11.4. The van der Waals surface area contributed by atoms with Crippen molar-refractivity contribution in [3.8, 4) is 0 Å². The van der Waals surface area contributed by atoms with Gasteiger partial charge in [-0.3, -0.25) is 9.59 Å². The van der Waals surface area contributed by atoms with Crippen LogP contribution in [-0.2, 0) is 4.79 Å². The maximum Gasteiger partial charge on any atom is 0.207 e. The molecule has 3 nitrogen and oxygen atoms in total. The topological polar surface area (TPSA) is 46.2 Å². The second-order valence-corrected chi connectivity index (χ2v) is 3.92. The maximum atomic E-state index is 11.4. The molecule has 2 rings (SSSR count). The summed E-state index contributed by atoms with van der Waals surface area (Å²) in [6.45, 7) is 0. The lowest BCUT2D eigenvalue weighted by atomic mass is 9.93.